The number of carbonyl (C=O) groups excluding carboxylic acids is 2. The number of hydrogen-bond acceptors (Lipinski definition) is 5. The molecule has 0 heterocycles. The molecule has 0 aliphatic heterocycles. The van der Waals surface area contributed by atoms with Gasteiger partial charge in [0.2, 0.25) is 15.9 Å². The number of fused-ring (bicyclic) bond motifs is 7. The van der Waals surface area contributed by atoms with Gasteiger partial charge in [-0.3, -0.25) is 9.59 Å². The summed E-state index contributed by atoms with van der Waals surface area (Å²) in [6.45, 7) is 16.1. The third kappa shape index (κ3) is 4.34. The van der Waals surface area contributed by atoms with Gasteiger partial charge in [-0.15, -0.1) is 0 Å². The van der Waals surface area contributed by atoms with E-state index in [9.17, 15) is 18.0 Å². The van der Waals surface area contributed by atoms with Gasteiger partial charge in [-0.05, 0) is 103 Å². The molecule has 7 nitrogen and oxygen atoms in total. The maximum atomic E-state index is 14.6. The summed E-state index contributed by atoms with van der Waals surface area (Å²) in [4.78, 5) is 27.1. The Labute approximate surface area is 248 Å². The highest BCUT2D eigenvalue weighted by atomic mass is 32.2. The fraction of sp³-hybridized carbons (Fsp3) is 0.879. The van der Waals surface area contributed by atoms with Gasteiger partial charge in [0.05, 0.1) is 6.26 Å². The van der Waals surface area contributed by atoms with Gasteiger partial charge < -0.3 is 10.5 Å². The first kappa shape index (κ1) is 31.2. The lowest BCUT2D eigenvalue weighted by Crippen LogP contribution is -2.67. The quantitative estimate of drug-likeness (QED) is 0.405. The summed E-state index contributed by atoms with van der Waals surface area (Å²) >= 11 is 0. The predicted octanol–water partition coefficient (Wildman–Crippen LogP) is 5.59. The van der Waals surface area contributed by atoms with Gasteiger partial charge in [0, 0.05) is 24.4 Å². The Morgan fingerprint density at radius 1 is 1.00 bits per heavy atom. The van der Waals surface area contributed by atoms with E-state index in [4.69, 9.17) is 10.5 Å². The van der Waals surface area contributed by atoms with Crippen LogP contribution in [-0.2, 0) is 24.3 Å². The number of rotatable bonds is 5. The Morgan fingerprint density at radius 2 is 1.63 bits per heavy atom. The van der Waals surface area contributed by atoms with Crippen molar-refractivity contribution >= 4 is 21.7 Å². The van der Waals surface area contributed by atoms with Crippen molar-refractivity contribution in [2.24, 2.45) is 61.9 Å². The first-order valence-corrected chi connectivity index (χ1v) is 17.6. The number of ether oxygens (including phenoxy) is 1. The number of ketones is 1. The molecule has 5 aliphatic carbocycles. The number of methoxy groups -OCH3 is 1. The van der Waals surface area contributed by atoms with Crippen molar-refractivity contribution < 1.29 is 22.7 Å². The number of allylic oxidation sites excluding steroid dienone is 2. The maximum Gasteiger partial charge on any atom is 0.223 e. The molecule has 41 heavy (non-hydrogen) atoms. The van der Waals surface area contributed by atoms with Crippen molar-refractivity contribution in [3.8, 4) is 0 Å². The van der Waals surface area contributed by atoms with Gasteiger partial charge in [-0.1, -0.05) is 54.0 Å². The maximum absolute atomic E-state index is 14.6. The molecule has 10 atom stereocenters. The topological polar surface area (TPSA) is 116 Å². The molecule has 2 unspecified atom stereocenters. The van der Waals surface area contributed by atoms with Crippen LogP contribution in [0.25, 0.3) is 0 Å². The Balaban J connectivity index is 1.55. The highest BCUT2D eigenvalue weighted by Gasteiger charge is 2.70. The minimum absolute atomic E-state index is 0.00847. The van der Waals surface area contributed by atoms with Crippen molar-refractivity contribution in [1.82, 2.24) is 4.72 Å². The molecular formula is C33H54N2O5S. The van der Waals surface area contributed by atoms with E-state index < -0.39 is 21.7 Å². The highest BCUT2D eigenvalue weighted by molar-refractivity contribution is 7.88. The second kappa shape index (κ2) is 9.37. The Hall–Kier alpha value is -1.25. The average Bonchev–Trinajstić information content (AvgIpc) is 2.84. The minimum atomic E-state index is -3.43. The molecule has 3 N–H and O–H groups in total. The second-order valence-electron chi connectivity index (χ2n) is 16.6. The molecular weight excluding hydrogens is 536 g/mol. The number of primary amides is 1. The summed E-state index contributed by atoms with van der Waals surface area (Å²) in [5.41, 5.74) is 6.06. The molecule has 0 spiro atoms. The summed E-state index contributed by atoms with van der Waals surface area (Å²) in [7, 11) is -1.86. The van der Waals surface area contributed by atoms with Crippen molar-refractivity contribution in [2.45, 2.75) is 112 Å². The van der Waals surface area contributed by atoms with Crippen molar-refractivity contribution in [3.05, 3.63) is 11.6 Å². The third-order valence-corrected chi connectivity index (χ3v) is 14.9. The molecule has 4 fully saturated rings. The van der Waals surface area contributed by atoms with Crippen LogP contribution in [0, 0.1) is 56.2 Å². The molecule has 0 radical (unpaired) electrons. The molecule has 0 aromatic heterocycles. The van der Waals surface area contributed by atoms with E-state index in [1.807, 2.05) is 13.0 Å². The van der Waals surface area contributed by atoms with Gasteiger partial charge in [0.25, 0.3) is 0 Å². The molecule has 8 heteroatoms. The third-order valence-electron chi connectivity index (χ3n) is 14.2. The summed E-state index contributed by atoms with van der Waals surface area (Å²) in [6.07, 6.45) is 10.9. The first-order chi connectivity index (χ1) is 18.7. The lowest BCUT2D eigenvalue weighted by atomic mass is 9.33. The fourth-order valence-corrected chi connectivity index (χ4v) is 12.2. The van der Waals surface area contributed by atoms with E-state index in [-0.39, 0.29) is 62.4 Å². The standard InChI is InChI=1S/C33H54N2O5S/c1-28(2)20(26(40-8)35-41(9,38)39)10-12-31(5)24(28)11-13-33(7)25(31)23(36)18-21-22-19-30(4,27(34)37)15-14-29(22,3)16-17-32(21,33)6/h18,20,22,24-26,35H,10-17,19H2,1-9H3,(H2,34,37)/t20-,22+,24?,25+,26?,29+,30-,31-,32+,33+/m0/s1. The molecule has 232 valence electrons. The molecule has 5 rings (SSSR count). The highest BCUT2D eigenvalue weighted by Crippen LogP contribution is 2.75. The number of nitrogens with two attached hydrogens (primary N) is 1. The zero-order valence-electron chi connectivity index (χ0n) is 26.9. The monoisotopic (exact) mass is 590 g/mol. The van der Waals surface area contributed by atoms with E-state index in [0.717, 1.165) is 57.8 Å². The zero-order valence-corrected chi connectivity index (χ0v) is 27.7. The van der Waals surface area contributed by atoms with E-state index in [0.29, 0.717) is 0 Å². The Kier molecular flexibility index (Phi) is 7.13. The van der Waals surface area contributed by atoms with E-state index in [1.54, 1.807) is 7.11 Å². The fourth-order valence-electron chi connectivity index (χ4n) is 11.5. The van der Waals surface area contributed by atoms with Gasteiger partial charge in [-0.2, -0.15) is 4.72 Å². The normalized spacial score (nSPS) is 48.1. The van der Waals surface area contributed by atoms with Crippen LogP contribution in [0.5, 0.6) is 0 Å². The average molecular weight is 591 g/mol. The summed E-state index contributed by atoms with van der Waals surface area (Å²) < 4.78 is 32.8. The molecule has 5 aliphatic rings. The summed E-state index contributed by atoms with van der Waals surface area (Å²) in [5, 5.41) is 0. The molecule has 4 saturated carbocycles. The van der Waals surface area contributed by atoms with Gasteiger partial charge in [0.15, 0.2) is 5.78 Å². The predicted molar refractivity (Wildman–Crippen MR) is 161 cm³/mol. The zero-order chi connectivity index (χ0) is 30.6. The number of nitrogens with one attached hydrogen (secondary N) is 1. The Morgan fingerprint density at radius 3 is 2.22 bits per heavy atom. The summed E-state index contributed by atoms with van der Waals surface area (Å²) in [5.74, 6) is 0.405. The van der Waals surface area contributed by atoms with Crippen LogP contribution >= 0.6 is 0 Å². The van der Waals surface area contributed by atoms with Crippen LogP contribution in [0.3, 0.4) is 0 Å². The van der Waals surface area contributed by atoms with E-state index >= 15 is 0 Å². The second-order valence-corrected chi connectivity index (χ2v) is 18.4. The van der Waals surface area contributed by atoms with Gasteiger partial charge in [0.1, 0.15) is 6.23 Å². The molecule has 1 amide bonds. The van der Waals surface area contributed by atoms with Crippen LogP contribution in [0.4, 0.5) is 0 Å². The smallest absolute Gasteiger partial charge is 0.223 e. The lowest BCUT2D eigenvalue weighted by molar-refractivity contribution is -0.202. The van der Waals surface area contributed by atoms with Crippen LogP contribution in [-0.4, -0.2) is 39.7 Å². The summed E-state index contributed by atoms with van der Waals surface area (Å²) in [6, 6.07) is 0. The minimum Gasteiger partial charge on any atom is -0.369 e. The largest absolute Gasteiger partial charge is 0.369 e. The van der Waals surface area contributed by atoms with Crippen LogP contribution < -0.4 is 10.5 Å². The molecule has 0 bridgehead atoms. The van der Waals surface area contributed by atoms with Crippen LogP contribution in [0.15, 0.2) is 11.6 Å². The van der Waals surface area contributed by atoms with E-state index in [2.05, 4.69) is 46.3 Å². The molecule has 0 saturated heterocycles. The first-order valence-electron chi connectivity index (χ1n) is 15.7. The molecule has 0 aromatic carbocycles. The van der Waals surface area contributed by atoms with Crippen molar-refractivity contribution in [2.75, 3.05) is 13.4 Å². The SMILES string of the molecule is COC(NS(C)(=O)=O)[C@@H]1CC[C@@]2(C)C(CC[C@]3(C)[C@@H]2C(=O)C=C2[C@H]4C[C@@](C)(C(N)=O)CC[C@]4(C)CC[C@]23C)C1(C)C. The van der Waals surface area contributed by atoms with Crippen molar-refractivity contribution in [1.29, 1.82) is 0 Å². The number of amides is 1. The van der Waals surface area contributed by atoms with Crippen molar-refractivity contribution in [3.63, 3.8) is 0 Å². The van der Waals surface area contributed by atoms with E-state index in [1.165, 1.54) is 11.8 Å². The van der Waals surface area contributed by atoms with Gasteiger partial charge in [-0.25, -0.2) is 8.42 Å². The van der Waals surface area contributed by atoms with Gasteiger partial charge >= 0.3 is 0 Å². The number of hydrogen-bond donors (Lipinski definition) is 2. The number of sulfonamides is 1. The van der Waals surface area contributed by atoms with Crippen LogP contribution in [0.1, 0.15) is 106 Å². The lowest BCUT2D eigenvalue weighted by Gasteiger charge is -2.71. The number of carbonyl (C=O) groups is 2. The Bertz CT molecular complexity index is 1280. The molecule has 0 aromatic rings. The van der Waals surface area contributed by atoms with Crippen LogP contribution in [0.2, 0.25) is 0 Å².